The Morgan fingerprint density at radius 3 is 2.41 bits per heavy atom. The lowest BCUT2D eigenvalue weighted by atomic mass is 9.86. The molecule has 2 fully saturated rings. The number of amides is 1. The van der Waals surface area contributed by atoms with Crippen molar-refractivity contribution in [3.8, 4) is 0 Å². The van der Waals surface area contributed by atoms with Crippen molar-refractivity contribution < 1.29 is 13.2 Å². The van der Waals surface area contributed by atoms with Gasteiger partial charge in [-0.05, 0) is 42.9 Å². The smallest absolute Gasteiger partial charge is 0.237 e. The Kier molecular flexibility index (Phi) is 5.69. The molecule has 2 saturated heterocycles. The molecule has 2 aliphatic heterocycles. The summed E-state index contributed by atoms with van der Waals surface area (Å²) < 4.78 is 23.4. The van der Waals surface area contributed by atoms with Gasteiger partial charge in [-0.3, -0.25) is 9.69 Å². The van der Waals surface area contributed by atoms with E-state index in [1.807, 2.05) is 16.8 Å². The van der Waals surface area contributed by atoms with Crippen molar-refractivity contribution in [2.75, 3.05) is 31.6 Å². The topological polar surface area (TPSA) is 57.7 Å². The SMILES string of the molecule is CN(CC(=O)N1CCCC1c1ccc(C(C)(C)C)cc1)C1CCS(=O)(=O)C1. The number of nitrogens with zero attached hydrogens (tertiary/aromatic N) is 2. The van der Waals surface area contributed by atoms with Gasteiger partial charge in [0.25, 0.3) is 0 Å². The predicted octanol–water partition coefficient (Wildman–Crippen LogP) is 2.77. The van der Waals surface area contributed by atoms with Crippen LogP contribution in [0.3, 0.4) is 0 Å². The minimum absolute atomic E-state index is 0.0360. The van der Waals surface area contributed by atoms with Gasteiger partial charge in [0.2, 0.25) is 5.91 Å². The molecule has 2 heterocycles. The Morgan fingerprint density at radius 2 is 1.85 bits per heavy atom. The van der Waals surface area contributed by atoms with Crippen LogP contribution in [0.2, 0.25) is 0 Å². The molecule has 0 radical (unpaired) electrons. The number of carbonyl (C=O) groups excluding carboxylic acids is 1. The van der Waals surface area contributed by atoms with E-state index in [9.17, 15) is 13.2 Å². The summed E-state index contributed by atoms with van der Waals surface area (Å²) in [6.45, 7) is 7.67. The lowest BCUT2D eigenvalue weighted by molar-refractivity contribution is -0.133. The zero-order chi connectivity index (χ0) is 19.8. The molecule has 5 nitrogen and oxygen atoms in total. The third-order valence-electron chi connectivity index (χ3n) is 5.95. The predicted molar refractivity (Wildman–Crippen MR) is 109 cm³/mol. The highest BCUT2D eigenvalue weighted by Gasteiger charge is 2.34. The molecule has 2 unspecified atom stereocenters. The van der Waals surface area contributed by atoms with E-state index in [2.05, 4.69) is 45.0 Å². The van der Waals surface area contributed by atoms with Crippen LogP contribution < -0.4 is 0 Å². The lowest BCUT2D eigenvalue weighted by Gasteiger charge is -2.30. The van der Waals surface area contributed by atoms with Gasteiger partial charge in [0.05, 0.1) is 24.1 Å². The van der Waals surface area contributed by atoms with Crippen molar-refractivity contribution in [1.82, 2.24) is 9.80 Å². The van der Waals surface area contributed by atoms with Crippen molar-refractivity contribution in [1.29, 1.82) is 0 Å². The summed E-state index contributed by atoms with van der Waals surface area (Å²) in [6.07, 6.45) is 2.63. The molecule has 0 spiro atoms. The van der Waals surface area contributed by atoms with Crippen LogP contribution in [0.15, 0.2) is 24.3 Å². The average Bonchev–Trinajstić information content (AvgIpc) is 3.20. The molecule has 6 heteroatoms. The maximum Gasteiger partial charge on any atom is 0.237 e. The van der Waals surface area contributed by atoms with Gasteiger partial charge in [0, 0.05) is 12.6 Å². The zero-order valence-electron chi connectivity index (χ0n) is 16.9. The fourth-order valence-corrected chi connectivity index (χ4v) is 5.98. The van der Waals surface area contributed by atoms with E-state index in [-0.39, 0.29) is 41.5 Å². The summed E-state index contributed by atoms with van der Waals surface area (Å²) in [5, 5.41) is 0. The summed E-state index contributed by atoms with van der Waals surface area (Å²) >= 11 is 0. The maximum absolute atomic E-state index is 12.9. The first-order valence-corrected chi connectivity index (χ1v) is 11.7. The van der Waals surface area contributed by atoms with Crippen molar-refractivity contribution >= 4 is 15.7 Å². The minimum Gasteiger partial charge on any atom is -0.335 e. The summed E-state index contributed by atoms with van der Waals surface area (Å²) in [5.74, 6) is 0.515. The Hall–Kier alpha value is -1.40. The minimum atomic E-state index is -2.93. The molecule has 150 valence electrons. The van der Waals surface area contributed by atoms with Crippen LogP contribution in [0.5, 0.6) is 0 Å². The van der Waals surface area contributed by atoms with Crippen LogP contribution in [-0.4, -0.2) is 61.8 Å². The molecular formula is C21H32N2O3S. The molecule has 0 aliphatic carbocycles. The van der Waals surface area contributed by atoms with Gasteiger partial charge < -0.3 is 4.90 Å². The van der Waals surface area contributed by atoms with E-state index in [0.29, 0.717) is 6.42 Å². The van der Waals surface area contributed by atoms with Gasteiger partial charge in [-0.25, -0.2) is 8.42 Å². The number of benzene rings is 1. The fourth-order valence-electron chi connectivity index (χ4n) is 4.17. The van der Waals surface area contributed by atoms with Crippen LogP contribution in [0, 0.1) is 0 Å². The number of rotatable bonds is 4. The second kappa shape index (κ2) is 7.55. The Labute approximate surface area is 163 Å². The van der Waals surface area contributed by atoms with E-state index >= 15 is 0 Å². The molecule has 1 amide bonds. The van der Waals surface area contributed by atoms with Crippen LogP contribution in [0.1, 0.15) is 57.2 Å². The molecule has 2 aliphatic rings. The number of likely N-dealkylation sites (tertiary alicyclic amines) is 1. The Morgan fingerprint density at radius 1 is 1.19 bits per heavy atom. The highest BCUT2D eigenvalue weighted by atomic mass is 32.2. The molecule has 3 rings (SSSR count). The van der Waals surface area contributed by atoms with Gasteiger partial charge in [-0.1, -0.05) is 45.0 Å². The van der Waals surface area contributed by atoms with Crippen molar-refractivity contribution in [2.24, 2.45) is 0 Å². The maximum atomic E-state index is 12.9. The highest BCUT2D eigenvalue weighted by molar-refractivity contribution is 7.91. The van der Waals surface area contributed by atoms with Crippen molar-refractivity contribution in [3.05, 3.63) is 35.4 Å². The molecule has 1 aromatic carbocycles. The largest absolute Gasteiger partial charge is 0.335 e. The first-order chi connectivity index (χ1) is 12.6. The molecule has 0 N–H and O–H groups in total. The molecule has 2 atom stereocenters. The van der Waals surface area contributed by atoms with Crippen LogP contribution in [-0.2, 0) is 20.0 Å². The van der Waals surface area contributed by atoms with Gasteiger partial charge >= 0.3 is 0 Å². The van der Waals surface area contributed by atoms with Gasteiger partial charge in [0.1, 0.15) is 0 Å². The van der Waals surface area contributed by atoms with Crippen LogP contribution >= 0.6 is 0 Å². The Bertz CT molecular complexity index is 781. The number of hydrogen-bond acceptors (Lipinski definition) is 4. The second-order valence-electron chi connectivity index (χ2n) is 9.09. The summed E-state index contributed by atoms with van der Waals surface area (Å²) in [4.78, 5) is 16.8. The first kappa shape index (κ1) is 20.3. The monoisotopic (exact) mass is 392 g/mol. The normalized spacial score (nSPS) is 25.3. The molecule has 0 aromatic heterocycles. The van der Waals surface area contributed by atoms with E-state index in [1.54, 1.807) is 0 Å². The molecule has 27 heavy (non-hydrogen) atoms. The van der Waals surface area contributed by atoms with Crippen LogP contribution in [0.25, 0.3) is 0 Å². The second-order valence-corrected chi connectivity index (χ2v) is 11.3. The summed E-state index contributed by atoms with van der Waals surface area (Å²) in [5.41, 5.74) is 2.61. The fraction of sp³-hybridized carbons (Fsp3) is 0.667. The third kappa shape index (κ3) is 4.72. The van der Waals surface area contributed by atoms with E-state index < -0.39 is 9.84 Å². The van der Waals surface area contributed by atoms with Gasteiger partial charge in [0.15, 0.2) is 9.84 Å². The number of sulfone groups is 1. The zero-order valence-corrected chi connectivity index (χ0v) is 17.8. The lowest BCUT2D eigenvalue weighted by Crippen LogP contribution is -2.43. The van der Waals surface area contributed by atoms with E-state index in [0.717, 1.165) is 19.4 Å². The summed E-state index contributed by atoms with van der Waals surface area (Å²) in [7, 11) is -1.06. The highest BCUT2D eigenvalue weighted by Crippen LogP contribution is 2.33. The molecular weight excluding hydrogens is 360 g/mol. The van der Waals surface area contributed by atoms with Crippen molar-refractivity contribution in [2.45, 2.75) is 57.5 Å². The summed E-state index contributed by atoms with van der Waals surface area (Å²) in [6, 6.07) is 8.75. The Balaban J connectivity index is 1.66. The average molecular weight is 393 g/mol. The first-order valence-electron chi connectivity index (χ1n) is 9.87. The third-order valence-corrected chi connectivity index (χ3v) is 7.70. The van der Waals surface area contributed by atoms with Gasteiger partial charge in [-0.2, -0.15) is 0 Å². The van der Waals surface area contributed by atoms with Gasteiger partial charge in [-0.15, -0.1) is 0 Å². The molecule has 0 bridgehead atoms. The van der Waals surface area contributed by atoms with Crippen LogP contribution in [0.4, 0.5) is 0 Å². The van der Waals surface area contributed by atoms with Crippen molar-refractivity contribution in [3.63, 3.8) is 0 Å². The standard InChI is InChI=1S/C21H32N2O3S/c1-21(2,3)17-9-7-16(8-10-17)19-6-5-12-23(19)20(24)14-22(4)18-11-13-27(25,26)15-18/h7-10,18-19H,5-6,11-15H2,1-4H3. The van der Waals surface area contributed by atoms with E-state index in [1.165, 1.54) is 11.1 Å². The molecule has 0 saturated carbocycles. The quantitative estimate of drug-likeness (QED) is 0.791. The molecule has 1 aromatic rings. The van der Waals surface area contributed by atoms with E-state index in [4.69, 9.17) is 0 Å². The number of likely N-dealkylation sites (N-methyl/N-ethyl adjacent to an activating group) is 1. The number of hydrogen-bond donors (Lipinski definition) is 0. The number of carbonyl (C=O) groups is 1.